The zero-order valence-electron chi connectivity index (χ0n) is 13.4. The van der Waals surface area contributed by atoms with Gasteiger partial charge in [-0.05, 0) is 35.9 Å². The molecule has 0 aromatic heterocycles. The molecule has 1 atom stereocenters. The molecule has 0 aliphatic carbocycles. The molecule has 4 heteroatoms. The second-order valence-corrected chi connectivity index (χ2v) is 6.41. The maximum atomic E-state index is 14.4. The molecule has 1 aliphatic heterocycles. The van der Waals surface area contributed by atoms with Crippen LogP contribution in [-0.4, -0.2) is 5.71 Å². The average Bonchev–Trinajstić information content (AvgIpc) is 3.08. The van der Waals surface area contributed by atoms with Gasteiger partial charge in [0.2, 0.25) is 0 Å². The van der Waals surface area contributed by atoms with Gasteiger partial charge in [0.1, 0.15) is 5.82 Å². The number of hydrogen-bond donors (Lipinski definition) is 0. The largest absolute Gasteiger partial charge is 0.257 e. The summed E-state index contributed by atoms with van der Waals surface area (Å²) in [5, 5.41) is 7.39. The SMILES string of the molecule is Fc1ccccc1C1CC(c2ccc(Cl)cc2)=NN1c1ccccc1. The normalized spacial score (nSPS) is 16.8. The Morgan fingerprint density at radius 1 is 0.880 bits per heavy atom. The van der Waals surface area contributed by atoms with Gasteiger partial charge in [0.15, 0.2) is 0 Å². The topological polar surface area (TPSA) is 15.6 Å². The van der Waals surface area contributed by atoms with Crippen LogP contribution < -0.4 is 5.01 Å². The van der Waals surface area contributed by atoms with Crippen molar-refractivity contribution in [2.24, 2.45) is 5.10 Å². The van der Waals surface area contributed by atoms with Crippen LogP contribution in [-0.2, 0) is 0 Å². The fourth-order valence-corrected chi connectivity index (χ4v) is 3.26. The molecule has 25 heavy (non-hydrogen) atoms. The van der Waals surface area contributed by atoms with Crippen molar-refractivity contribution >= 4 is 23.0 Å². The van der Waals surface area contributed by atoms with Crippen LogP contribution in [0.15, 0.2) is 84.0 Å². The van der Waals surface area contributed by atoms with Gasteiger partial charge in [0.05, 0.1) is 17.4 Å². The number of anilines is 1. The molecule has 0 N–H and O–H groups in total. The highest BCUT2D eigenvalue weighted by Crippen LogP contribution is 2.37. The van der Waals surface area contributed by atoms with Crippen molar-refractivity contribution in [2.45, 2.75) is 12.5 Å². The molecule has 0 fully saturated rings. The minimum absolute atomic E-state index is 0.172. The first-order valence-electron chi connectivity index (χ1n) is 8.14. The summed E-state index contributed by atoms with van der Waals surface area (Å²) in [7, 11) is 0. The van der Waals surface area contributed by atoms with E-state index in [1.54, 1.807) is 6.07 Å². The lowest BCUT2D eigenvalue weighted by molar-refractivity contribution is 0.579. The molecule has 0 saturated heterocycles. The fraction of sp³-hybridized carbons (Fsp3) is 0.0952. The van der Waals surface area contributed by atoms with Crippen molar-refractivity contribution < 1.29 is 4.39 Å². The summed E-state index contributed by atoms with van der Waals surface area (Å²) in [6.07, 6.45) is 0.636. The maximum Gasteiger partial charge on any atom is 0.128 e. The Kier molecular flexibility index (Phi) is 4.24. The van der Waals surface area contributed by atoms with E-state index in [9.17, 15) is 4.39 Å². The van der Waals surface area contributed by atoms with E-state index in [4.69, 9.17) is 16.7 Å². The lowest BCUT2D eigenvalue weighted by atomic mass is 9.98. The van der Waals surface area contributed by atoms with Gasteiger partial charge >= 0.3 is 0 Å². The van der Waals surface area contributed by atoms with Crippen LogP contribution in [0.2, 0.25) is 5.02 Å². The van der Waals surface area contributed by atoms with Gasteiger partial charge in [-0.2, -0.15) is 5.10 Å². The number of para-hydroxylation sites is 1. The molecule has 0 saturated carbocycles. The van der Waals surface area contributed by atoms with E-state index >= 15 is 0 Å². The molecule has 0 radical (unpaired) electrons. The molecule has 1 heterocycles. The Bertz CT molecular complexity index is 907. The number of hydrazone groups is 1. The van der Waals surface area contributed by atoms with Gasteiger partial charge in [-0.25, -0.2) is 4.39 Å². The molecule has 1 aliphatic rings. The molecule has 2 nitrogen and oxygen atoms in total. The summed E-state index contributed by atoms with van der Waals surface area (Å²) in [5.41, 5.74) is 3.52. The van der Waals surface area contributed by atoms with E-state index in [-0.39, 0.29) is 11.9 Å². The number of rotatable bonds is 3. The van der Waals surface area contributed by atoms with Gasteiger partial charge in [-0.3, -0.25) is 5.01 Å². The van der Waals surface area contributed by atoms with Crippen LogP contribution in [0.1, 0.15) is 23.6 Å². The summed E-state index contributed by atoms with van der Waals surface area (Å²) in [6, 6.07) is 24.2. The van der Waals surface area contributed by atoms with E-state index in [1.165, 1.54) is 6.07 Å². The van der Waals surface area contributed by atoms with Crippen molar-refractivity contribution in [2.75, 3.05) is 5.01 Å². The van der Waals surface area contributed by atoms with E-state index in [1.807, 2.05) is 71.7 Å². The molecule has 3 aromatic carbocycles. The molecule has 4 rings (SSSR count). The van der Waals surface area contributed by atoms with Crippen LogP contribution in [0.5, 0.6) is 0 Å². The van der Waals surface area contributed by atoms with Gasteiger partial charge in [-0.1, -0.05) is 60.1 Å². The number of benzene rings is 3. The number of hydrogen-bond acceptors (Lipinski definition) is 2. The van der Waals surface area contributed by atoms with Crippen molar-refractivity contribution in [3.63, 3.8) is 0 Å². The summed E-state index contributed by atoms with van der Waals surface area (Å²) in [6.45, 7) is 0. The third kappa shape index (κ3) is 3.15. The van der Waals surface area contributed by atoms with Gasteiger partial charge < -0.3 is 0 Å². The lowest BCUT2D eigenvalue weighted by Crippen LogP contribution is -2.19. The number of nitrogens with zero attached hydrogens (tertiary/aromatic N) is 2. The van der Waals surface area contributed by atoms with Crippen LogP contribution in [0.3, 0.4) is 0 Å². The highest BCUT2D eigenvalue weighted by atomic mass is 35.5. The van der Waals surface area contributed by atoms with Crippen molar-refractivity contribution in [3.05, 3.63) is 101 Å². The minimum Gasteiger partial charge on any atom is -0.257 e. The standard InChI is InChI=1S/C21H16ClFN2/c22-16-12-10-15(11-13-16)20-14-21(18-8-4-5-9-19(18)23)25(24-20)17-6-2-1-3-7-17/h1-13,21H,14H2. The third-order valence-corrected chi connectivity index (χ3v) is 4.62. The minimum atomic E-state index is -0.207. The monoisotopic (exact) mass is 350 g/mol. The van der Waals surface area contributed by atoms with Crippen molar-refractivity contribution in [1.82, 2.24) is 0 Å². The van der Waals surface area contributed by atoms with Crippen molar-refractivity contribution in [3.8, 4) is 0 Å². The molecule has 124 valence electrons. The summed E-state index contributed by atoms with van der Waals surface area (Å²) < 4.78 is 14.4. The lowest BCUT2D eigenvalue weighted by Gasteiger charge is -2.24. The smallest absolute Gasteiger partial charge is 0.128 e. The van der Waals surface area contributed by atoms with Crippen LogP contribution in [0, 0.1) is 5.82 Å². The predicted molar refractivity (Wildman–Crippen MR) is 101 cm³/mol. The van der Waals surface area contributed by atoms with Gasteiger partial charge in [-0.15, -0.1) is 0 Å². The Hall–Kier alpha value is -2.65. The number of halogens is 2. The van der Waals surface area contributed by atoms with Crippen LogP contribution in [0.4, 0.5) is 10.1 Å². The first-order valence-corrected chi connectivity index (χ1v) is 8.52. The molecule has 0 bridgehead atoms. The predicted octanol–water partition coefficient (Wildman–Crippen LogP) is 5.83. The Morgan fingerprint density at radius 3 is 2.28 bits per heavy atom. The van der Waals surface area contributed by atoms with Crippen LogP contribution >= 0.6 is 11.6 Å². The van der Waals surface area contributed by atoms with E-state index in [0.717, 1.165) is 17.0 Å². The quantitative estimate of drug-likeness (QED) is 0.579. The Labute approximate surface area is 151 Å². The van der Waals surface area contributed by atoms with E-state index in [2.05, 4.69) is 0 Å². The second-order valence-electron chi connectivity index (χ2n) is 5.98. The van der Waals surface area contributed by atoms with Crippen LogP contribution in [0.25, 0.3) is 0 Å². The Balaban J connectivity index is 1.77. The maximum absolute atomic E-state index is 14.4. The molecular formula is C21H16ClFN2. The van der Waals surface area contributed by atoms with Gasteiger partial charge in [0, 0.05) is 17.0 Å². The first-order chi connectivity index (χ1) is 12.2. The summed E-state index contributed by atoms with van der Waals surface area (Å²) >= 11 is 5.99. The summed E-state index contributed by atoms with van der Waals surface area (Å²) in [5.74, 6) is -0.207. The molecule has 3 aromatic rings. The highest BCUT2D eigenvalue weighted by Gasteiger charge is 2.31. The van der Waals surface area contributed by atoms with E-state index < -0.39 is 0 Å². The Morgan fingerprint density at radius 2 is 1.56 bits per heavy atom. The van der Waals surface area contributed by atoms with Gasteiger partial charge in [0.25, 0.3) is 0 Å². The first kappa shape index (κ1) is 15.9. The highest BCUT2D eigenvalue weighted by molar-refractivity contribution is 6.30. The zero-order valence-corrected chi connectivity index (χ0v) is 14.2. The molecule has 0 amide bonds. The third-order valence-electron chi connectivity index (χ3n) is 4.37. The molecule has 0 spiro atoms. The zero-order chi connectivity index (χ0) is 17.2. The second kappa shape index (κ2) is 6.69. The fourth-order valence-electron chi connectivity index (χ4n) is 3.13. The average molecular weight is 351 g/mol. The van der Waals surface area contributed by atoms with E-state index in [0.29, 0.717) is 17.0 Å². The van der Waals surface area contributed by atoms with Crippen molar-refractivity contribution in [1.29, 1.82) is 0 Å². The molecular weight excluding hydrogens is 335 g/mol. The molecule has 1 unspecified atom stereocenters. The summed E-state index contributed by atoms with van der Waals surface area (Å²) in [4.78, 5) is 0.